The Morgan fingerprint density at radius 3 is 2.81 bits per heavy atom. The second kappa shape index (κ2) is 6.99. The second-order valence-electron chi connectivity index (χ2n) is 4.72. The van der Waals surface area contributed by atoms with Gasteiger partial charge in [0.05, 0.1) is 30.1 Å². The first-order chi connectivity index (χ1) is 10.2. The third-order valence-electron chi connectivity index (χ3n) is 3.36. The van der Waals surface area contributed by atoms with E-state index in [1.807, 2.05) is 32.0 Å². The largest absolute Gasteiger partial charge is 0.394 e. The van der Waals surface area contributed by atoms with Gasteiger partial charge in [0, 0.05) is 6.20 Å². The molecule has 1 atom stereocenters. The molecule has 2 rings (SSSR count). The van der Waals surface area contributed by atoms with Crippen molar-refractivity contribution < 1.29 is 9.90 Å². The molecule has 21 heavy (non-hydrogen) atoms. The summed E-state index contributed by atoms with van der Waals surface area (Å²) in [6, 6.07) is 5.32. The summed E-state index contributed by atoms with van der Waals surface area (Å²) in [4.78, 5) is 16.6. The minimum Gasteiger partial charge on any atom is -0.394 e. The average Bonchev–Trinajstić information content (AvgIpc) is 2.97. The average molecular weight is 288 g/mol. The molecule has 2 aromatic heterocycles. The molecule has 0 saturated carbocycles. The Labute approximate surface area is 123 Å². The van der Waals surface area contributed by atoms with Gasteiger partial charge in [-0.2, -0.15) is 5.10 Å². The number of pyridine rings is 1. The van der Waals surface area contributed by atoms with Crippen LogP contribution >= 0.6 is 0 Å². The smallest absolute Gasteiger partial charge is 0.255 e. The van der Waals surface area contributed by atoms with Crippen LogP contribution in [0.2, 0.25) is 0 Å². The lowest BCUT2D eigenvalue weighted by atomic mass is 10.1. The number of aliphatic hydroxyl groups excluding tert-OH is 1. The summed E-state index contributed by atoms with van der Waals surface area (Å²) in [7, 11) is 0. The predicted octanol–water partition coefficient (Wildman–Crippen LogP) is 1.33. The van der Waals surface area contributed by atoms with Crippen molar-refractivity contribution >= 4 is 5.91 Å². The van der Waals surface area contributed by atoms with Crippen LogP contribution in [0.1, 0.15) is 36.3 Å². The number of amides is 1. The molecular weight excluding hydrogens is 268 g/mol. The molecule has 2 heterocycles. The summed E-state index contributed by atoms with van der Waals surface area (Å²) in [5, 5.41) is 16.3. The van der Waals surface area contributed by atoms with E-state index in [4.69, 9.17) is 0 Å². The van der Waals surface area contributed by atoms with Crippen LogP contribution < -0.4 is 5.32 Å². The Balaban J connectivity index is 2.30. The Kier molecular flexibility index (Phi) is 5.05. The standard InChI is InChI=1S/C15H20N4O2/c1-3-11(10-20)18-15(21)12-9-17-19(13(12)4-2)14-7-5-6-8-16-14/h5-9,11,20H,3-4,10H2,1-2H3,(H,18,21). The lowest BCUT2D eigenvalue weighted by molar-refractivity contribution is 0.0914. The van der Waals surface area contributed by atoms with Gasteiger partial charge in [-0.05, 0) is 25.0 Å². The number of nitrogens with zero attached hydrogens (tertiary/aromatic N) is 3. The fourth-order valence-electron chi connectivity index (χ4n) is 2.12. The number of hydrogen-bond donors (Lipinski definition) is 2. The minimum absolute atomic E-state index is 0.0714. The molecule has 0 aliphatic rings. The molecule has 6 heteroatoms. The highest BCUT2D eigenvalue weighted by atomic mass is 16.3. The number of rotatable bonds is 6. The maximum Gasteiger partial charge on any atom is 0.255 e. The van der Waals surface area contributed by atoms with Crippen molar-refractivity contribution in [3.05, 3.63) is 41.9 Å². The quantitative estimate of drug-likeness (QED) is 0.840. The van der Waals surface area contributed by atoms with E-state index < -0.39 is 0 Å². The molecule has 0 aliphatic carbocycles. The predicted molar refractivity (Wildman–Crippen MR) is 79.4 cm³/mol. The monoisotopic (exact) mass is 288 g/mol. The van der Waals surface area contributed by atoms with E-state index in [1.165, 1.54) is 0 Å². The SMILES string of the molecule is CCc1c(C(=O)NC(CC)CO)cnn1-c1ccccn1. The fraction of sp³-hybridized carbons (Fsp3) is 0.400. The lowest BCUT2D eigenvalue weighted by Gasteiger charge is -2.14. The van der Waals surface area contributed by atoms with Gasteiger partial charge in [0.15, 0.2) is 5.82 Å². The minimum atomic E-state index is -0.236. The van der Waals surface area contributed by atoms with E-state index in [-0.39, 0.29) is 18.6 Å². The van der Waals surface area contributed by atoms with E-state index in [9.17, 15) is 9.90 Å². The number of aromatic nitrogens is 3. The second-order valence-corrected chi connectivity index (χ2v) is 4.72. The van der Waals surface area contributed by atoms with E-state index in [2.05, 4.69) is 15.4 Å². The van der Waals surface area contributed by atoms with E-state index in [1.54, 1.807) is 17.1 Å². The number of carbonyl (C=O) groups excluding carboxylic acids is 1. The van der Waals surface area contributed by atoms with Crippen LogP contribution in [0.5, 0.6) is 0 Å². The molecule has 0 aliphatic heterocycles. The van der Waals surface area contributed by atoms with Crippen LogP contribution in [0, 0.1) is 0 Å². The van der Waals surface area contributed by atoms with Crippen molar-refractivity contribution in [3.63, 3.8) is 0 Å². The van der Waals surface area contributed by atoms with Gasteiger partial charge in [0.1, 0.15) is 0 Å². The van der Waals surface area contributed by atoms with Gasteiger partial charge in [-0.1, -0.05) is 19.9 Å². The van der Waals surface area contributed by atoms with Crippen molar-refractivity contribution in [2.45, 2.75) is 32.7 Å². The van der Waals surface area contributed by atoms with Crippen molar-refractivity contribution in [1.29, 1.82) is 0 Å². The molecule has 0 fully saturated rings. The molecule has 112 valence electrons. The Hall–Kier alpha value is -2.21. The molecule has 2 aromatic rings. The van der Waals surface area contributed by atoms with Gasteiger partial charge in [0.2, 0.25) is 0 Å². The topological polar surface area (TPSA) is 80.0 Å². The van der Waals surface area contributed by atoms with Crippen LogP contribution in [0.25, 0.3) is 5.82 Å². The van der Waals surface area contributed by atoms with Crippen molar-refractivity contribution in [3.8, 4) is 5.82 Å². The summed E-state index contributed by atoms with van der Waals surface area (Å²) < 4.78 is 1.68. The maximum atomic E-state index is 12.3. The van der Waals surface area contributed by atoms with Crippen LogP contribution in [-0.4, -0.2) is 38.4 Å². The highest BCUT2D eigenvalue weighted by Gasteiger charge is 2.19. The molecule has 0 saturated heterocycles. The van der Waals surface area contributed by atoms with Crippen molar-refractivity contribution in [2.75, 3.05) is 6.61 Å². The zero-order valence-corrected chi connectivity index (χ0v) is 12.3. The summed E-state index contributed by atoms with van der Waals surface area (Å²) in [6.45, 7) is 3.81. The lowest BCUT2D eigenvalue weighted by Crippen LogP contribution is -2.37. The Morgan fingerprint density at radius 2 is 2.24 bits per heavy atom. The third kappa shape index (κ3) is 3.28. The molecule has 2 N–H and O–H groups in total. The maximum absolute atomic E-state index is 12.3. The highest BCUT2D eigenvalue weighted by molar-refractivity contribution is 5.95. The number of carbonyl (C=O) groups is 1. The normalized spacial score (nSPS) is 12.1. The van der Waals surface area contributed by atoms with Crippen molar-refractivity contribution in [2.24, 2.45) is 0 Å². The van der Waals surface area contributed by atoms with E-state index >= 15 is 0 Å². The van der Waals surface area contributed by atoms with Crippen molar-refractivity contribution in [1.82, 2.24) is 20.1 Å². The first-order valence-corrected chi connectivity index (χ1v) is 7.11. The van der Waals surface area contributed by atoms with E-state index in [0.717, 1.165) is 5.69 Å². The molecule has 6 nitrogen and oxygen atoms in total. The molecule has 0 spiro atoms. The third-order valence-corrected chi connectivity index (χ3v) is 3.36. The zero-order valence-electron chi connectivity index (χ0n) is 12.3. The zero-order chi connectivity index (χ0) is 15.2. The van der Waals surface area contributed by atoms with Gasteiger partial charge in [-0.25, -0.2) is 9.67 Å². The molecule has 1 unspecified atom stereocenters. The summed E-state index contributed by atoms with van der Waals surface area (Å²) in [5.74, 6) is 0.470. The highest BCUT2D eigenvalue weighted by Crippen LogP contribution is 2.14. The van der Waals surface area contributed by atoms with Gasteiger partial charge in [-0.3, -0.25) is 4.79 Å². The molecular formula is C15H20N4O2. The first-order valence-electron chi connectivity index (χ1n) is 7.11. The fourth-order valence-corrected chi connectivity index (χ4v) is 2.12. The number of hydrogen-bond acceptors (Lipinski definition) is 4. The van der Waals surface area contributed by atoms with Gasteiger partial charge < -0.3 is 10.4 Å². The summed E-state index contributed by atoms with van der Waals surface area (Å²) >= 11 is 0. The Bertz CT molecular complexity index is 591. The van der Waals surface area contributed by atoms with Gasteiger partial charge in [0.25, 0.3) is 5.91 Å². The van der Waals surface area contributed by atoms with Crippen LogP contribution in [0.15, 0.2) is 30.6 Å². The first kappa shape index (κ1) is 15.2. The number of aliphatic hydroxyl groups is 1. The van der Waals surface area contributed by atoms with Crippen LogP contribution in [0.3, 0.4) is 0 Å². The number of nitrogens with one attached hydrogen (secondary N) is 1. The summed E-state index contributed by atoms with van der Waals surface area (Å²) in [6.07, 6.45) is 4.58. The van der Waals surface area contributed by atoms with Crippen LogP contribution in [0.4, 0.5) is 0 Å². The van der Waals surface area contributed by atoms with Gasteiger partial charge >= 0.3 is 0 Å². The molecule has 0 radical (unpaired) electrons. The van der Waals surface area contributed by atoms with Crippen LogP contribution in [-0.2, 0) is 6.42 Å². The molecule has 0 aromatic carbocycles. The molecule has 1 amide bonds. The van der Waals surface area contributed by atoms with E-state index in [0.29, 0.717) is 24.2 Å². The Morgan fingerprint density at radius 1 is 1.43 bits per heavy atom. The summed E-state index contributed by atoms with van der Waals surface area (Å²) in [5.41, 5.74) is 1.33. The van der Waals surface area contributed by atoms with Gasteiger partial charge in [-0.15, -0.1) is 0 Å². The molecule has 0 bridgehead atoms.